The van der Waals surface area contributed by atoms with Crippen molar-refractivity contribution in [3.05, 3.63) is 48.0 Å². The highest BCUT2D eigenvalue weighted by molar-refractivity contribution is 5.80. The average Bonchev–Trinajstić information content (AvgIpc) is 2.96. The molecule has 0 unspecified atom stereocenters. The van der Waals surface area contributed by atoms with Crippen LogP contribution in [0.5, 0.6) is 5.75 Å². The molecule has 3 rings (SSSR count). The first-order chi connectivity index (χ1) is 10.3. The minimum Gasteiger partial charge on any atom is -0.494 e. The summed E-state index contributed by atoms with van der Waals surface area (Å²) in [4.78, 5) is 7.81. The van der Waals surface area contributed by atoms with E-state index in [1.54, 1.807) is 6.07 Å². The van der Waals surface area contributed by atoms with Gasteiger partial charge in [-0.3, -0.25) is 0 Å². The number of aromatic nitrogens is 2. The van der Waals surface area contributed by atoms with Crippen molar-refractivity contribution in [2.45, 2.75) is 13.3 Å². The number of imidazole rings is 1. The lowest BCUT2D eigenvalue weighted by molar-refractivity contribution is 0.317. The summed E-state index contributed by atoms with van der Waals surface area (Å²) in [5.41, 5.74) is 3.31. The summed E-state index contributed by atoms with van der Waals surface area (Å²) in [7, 11) is 0. The van der Waals surface area contributed by atoms with Gasteiger partial charge >= 0.3 is 0 Å². The summed E-state index contributed by atoms with van der Waals surface area (Å²) in [6.45, 7) is 2.78. The monoisotopic (exact) mass is 277 g/mol. The van der Waals surface area contributed by atoms with Gasteiger partial charge < -0.3 is 9.72 Å². The summed E-state index contributed by atoms with van der Waals surface area (Å²) < 4.78 is 5.64. The fraction of sp³-hybridized carbons (Fsp3) is 0.176. The summed E-state index contributed by atoms with van der Waals surface area (Å²) in [5, 5.41) is 8.94. The highest BCUT2D eigenvalue weighted by atomic mass is 16.5. The summed E-state index contributed by atoms with van der Waals surface area (Å²) in [6, 6.07) is 15.4. The second kappa shape index (κ2) is 5.68. The zero-order valence-electron chi connectivity index (χ0n) is 11.8. The van der Waals surface area contributed by atoms with Gasteiger partial charge in [-0.25, -0.2) is 4.98 Å². The van der Waals surface area contributed by atoms with Crippen molar-refractivity contribution in [2.24, 2.45) is 0 Å². The van der Waals surface area contributed by atoms with Crippen LogP contribution >= 0.6 is 0 Å². The number of hydrogen-bond acceptors (Lipinski definition) is 3. The zero-order chi connectivity index (χ0) is 14.7. The van der Waals surface area contributed by atoms with Gasteiger partial charge in [0.15, 0.2) is 0 Å². The lowest BCUT2D eigenvalue weighted by Crippen LogP contribution is -1.94. The van der Waals surface area contributed by atoms with E-state index in [-0.39, 0.29) is 0 Å². The summed E-state index contributed by atoms with van der Waals surface area (Å²) in [5.74, 6) is 1.62. The number of nitrogens with zero attached hydrogens (tertiary/aromatic N) is 2. The number of benzene rings is 2. The Morgan fingerprint density at radius 1 is 1.24 bits per heavy atom. The summed E-state index contributed by atoms with van der Waals surface area (Å²) in [6.07, 6.45) is 0.978. The first kappa shape index (κ1) is 13.2. The van der Waals surface area contributed by atoms with Gasteiger partial charge in [0.05, 0.1) is 29.3 Å². The lowest BCUT2D eigenvalue weighted by atomic mass is 10.2. The Hall–Kier alpha value is -2.80. The van der Waals surface area contributed by atoms with Gasteiger partial charge in [0.2, 0.25) is 0 Å². The van der Waals surface area contributed by atoms with Crippen molar-refractivity contribution >= 4 is 11.0 Å². The molecule has 104 valence electrons. The molecule has 0 radical (unpaired) electrons. The largest absolute Gasteiger partial charge is 0.494 e. The molecule has 1 N–H and O–H groups in total. The third-order valence-corrected chi connectivity index (χ3v) is 3.19. The molecule has 0 fully saturated rings. The van der Waals surface area contributed by atoms with Crippen LogP contribution in [0.15, 0.2) is 42.5 Å². The van der Waals surface area contributed by atoms with Crippen LogP contribution in [0.2, 0.25) is 0 Å². The molecule has 0 amide bonds. The van der Waals surface area contributed by atoms with E-state index in [0.29, 0.717) is 12.2 Å². The Morgan fingerprint density at radius 2 is 2.14 bits per heavy atom. The average molecular weight is 277 g/mol. The lowest BCUT2D eigenvalue weighted by Gasteiger charge is -2.05. The Morgan fingerprint density at radius 3 is 2.95 bits per heavy atom. The molecule has 0 aliphatic carbocycles. The Bertz CT molecular complexity index is 814. The van der Waals surface area contributed by atoms with E-state index in [2.05, 4.69) is 23.0 Å². The molecular formula is C17H15N3O. The highest BCUT2D eigenvalue weighted by Crippen LogP contribution is 2.24. The number of rotatable bonds is 4. The predicted octanol–water partition coefficient (Wildman–Crippen LogP) is 3.89. The first-order valence-electron chi connectivity index (χ1n) is 6.93. The minimum absolute atomic E-state index is 0.623. The van der Waals surface area contributed by atoms with Gasteiger partial charge in [-0.05, 0) is 36.8 Å². The minimum atomic E-state index is 0.623. The van der Waals surface area contributed by atoms with E-state index in [0.717, 1.165) is 34.6 Å². The van der Waals surface area contributed by atoms with Crippen molar-refractivity contribution < 1.29 is 4.74 Å². The van der Waals surface area contributed by atoms with Crippen molar-refractivity contribution in [1.82, 2.24) is 9.97 Å². The molecule has 0 saturated carbocycles. The van der Waals surface area contributed by atoms with E-state index < -0.39 is 0 Å². The Kier molecular flexibility index (Phi) is 3.57. The van der Waals surface area contributed by atoms with Crippen LogP contribution in [-0.2, 0) is 0 Å². The second-order valence-electron chi connectivity index (χ2n) is 4.81. The van der Waals surface area contributed by atoms with Crippen molar-refractivity contribution in [2.75, 3.05) is 6.61 Å². The molecule has 0 aliphatic heterocycles. The number of fused-ring (bicyclic) bond motifs is 1. The van der Waals surface area contributed by atoms with Crippen LogP contribution in [0.1, 0.15) is 18.9 Å². The molecule has 0 spiro atoms. The molecule has 2 aromatic carbocycles. The molecule has 0 bridgehead atoms. The van der Waals surface area contributed by atoms with Gasteiger partial charge in [-0.15, -0.1) is 0 Å². The molecule has 1 aromatic heterocycles. The maximum absolute atomic E-state index is 8.94. The van der Waals surface area contributed by atoms with Crippen molar-refractivity contribution in [3.8, 4) is 23.2 Å². The molecule has 21 heavy (non-hydrogen) atoms. The number of nitriles is 1. The maximum Gasteiger partial charge on any atom is 0.138 e. The smallest absolute Gasteiger partial charge is 0.138 e. The van der Waals surface area contributed by atoms with Gasteiger partial charge in [-0.1, -0.05) is 19.1 Å². The SMILES string of the molecule is CCCOc1cccc(-c2nc3ccc(C#N)cc3[nH]2)c1. The standard InChI is InChI=1S/C17H15N3O/c1-2-8-21-14-5-3-4-13(10-14)17-19-15-7-6-12(11-18)9-16(15)20-17/h3-7,9-10H,2,8H2,1H3,(H,19,20). The quantitative estimate of drug-likeness (QED) is 0.787. The number of nitrogens with one attached hydrogen (secondary N) is 1. The van der Waals surface area contributed by atoms with Gasteiger partial charge in [0.1, 0.15) is 11.6 Å². The Balaban J connectivity index is 1.98. The topological polar surface area (TPSA) is 61.7 Å². The van der Waals surface area contributed by atoms with E-state index in [4.69, 9.17) is 10.00 Å². The van der Waals surface area contributed by atoms with Crippen molar-refractivity contribution in [1.29, 1.82) is 5.26 Å². The van der Waals surface area contributed by atoms with E-state index in [1.165, 1.54) is 0 Å². The van der Waals surface area contributed by atoms with Crippen LogP contribution in [0.3, 0.4) is 0 Å². The number of hydrogen-bond donors (Lipinski definition) is 1. The number of ether oxygens (including phenoxy) is 1. The van der Waals surface area contributed by atoms with E-state index >= 15 is 0 Å². The van der Waals surface area contributed by atoms with Crippen LogP contribution in [0.25, 0.3) is 22.4 Å². The van der Waals surface area contributed by atoms with Crippen LogP contribution in [-0.4, -0.2) is 16.6 Å². The molecular weight excluding hydrogens is 262 g/mol. The Labute approximate surface area is 123 Å². The summed E-state index contributed by atoms with van der Waals surface area (Å²) >= 11 is 0. The van der Waals surface area contributed by atoms with Crippen LogP contribution in [0.4, 0.5) is 0 Å². The van der Waals surface area contributed by atoms with E-state index in [9.17, 15) is 0 Å². The van der Waals surface area contributed by atoms with Gasteiger partial charge in [-0.2, -0.15) is 5.26 Å². The molecule has 0 aliphatic rings. The van der Waals surface area contributed by atoms with Crippen LogP contribution in [0, 0.1) is 11.3 Å². The molecule has 1 heterocycles. The molecule has 3 aromatic rings. The van der Waals surface area contributed by atoms with Gasteiger partial charge in [0, 0.05) is 5.56 Å². The van der Waals surface area contributed by atoms with Crippen LogP contribution < -0.4 is 4.74 Å². The maximum atomic E-state index is 8.94. The third kappa shape index (κ3) is 2.72. The highest BCUT2D eigenvalue weighted by Gasteiger charge is 2.07. The van der Waals surface area contributed by atoms with Crippen molar-refractivity contribution in [3.63, 3.8) is 0 Å². The number of H-pyrrole nitrogens is 1. The molecule has 0 atom stereocenters. The third-order valence-electron chi connectivity index (χ3n) is 3.19. The number of aromatic amines is 1. The first-order valence-corrected chi connectivity index (χ1v) is 6.93. The fourth-order valence-electron chi connectivity index (χ4n) is 2.17. The van der Waals surface area contributed by atoms with E-state index in [1.807, 2.05) is 36.4 Å². The predicted molar refractivity (Wildman–Crippen MR) is 82.0 cm³/mol. The molecule has 0 saturated heterocycles. The normalized spacial score (nSPS) is 10.5. The van der Waals surface area contributed by atoms with Gasteiger partial charge in [0.25, 0.3) is 0 Å². The molecule has 4 heteroatoms. The second-order valence-corrected chi connectivity index (χ2v) is 4.81. The zero-order valence-corrected chi connectivity index (χ0v) is 11.8. The fourth-order valence-corrected chi connectivity index (χ4v) is 2.17. The molecule has 4 nitrogen and oxygen atoms in total.